The Hall–Kier alpha value is -2.44. The fourth-order valence-electron chi connectivity index (χ4n) is 3.87. The van der Waals surface area contributed by atoms with Crippen LogP contribution in [0.1, 0.15) is 52.5 Å². The third kappa shape index (κ3) is 3.50. The number of nitrogens with one attached hydrogen (secondary N) is 2. The molecule has 5 nitrogen and oxygen atoms in total. The average Bonchev–Trinajstić information content (AvgIpc) is 3.04. The van der Waals surface area contributed by atoms with E-state index < -0.39 is 17.4 Å². The molecule has 1 aliphatic carbocycles. The van der Waals surface area contributed by atoms with Gasteiger partial charge in [0.25, 0.3) is 11.8 Å². The van der Waals surface area contributed by atoms with Crippen LogP contribution < -0.4 is 5.32 Å². The summed E-state index contributed by atoms with van der Waals surface area (Å²) in [5, 5.41) is 3.59. The maximum absolute atomic E-state index is 13.5. The second-order valence-electron chi connectivity index (χ2n) is 7.64. The van der Waals surface area contributed by atoms with E-state index in [-0.39, 0.29) is 27.6 Å². The number of rotatable bonds is 3. The second kappa shape index (κ2) is 7.18. The molecule has 1 aromatic heterocycles. The van der Waals surface area contributed by atoms with Crippen molar-refractivity contribution in [1.82, 2.24) is 15.2 Å². The quantitative estimate of drug-likeness (QED) is 0.810. The van der Waals surface area contributed by atoms with Crippen LogP contribution in [0.15, 0.2) is 24.3 Å². The minimum absolute atomic E-state index is 0. The number of hydrogen-bond donors (Lipinski definition) is 2. The van der Waals surface area contributed by atoms with E-state index in [9.17, 15) is 18.4 Å². The normalized spacial score (nSPS) is 23.3. The molecule has 28 heavy (non-hydrogen) atoms. The standard InChI is InChI=1S/C19H21F2N3O2.C2H6.2H2/c1-11-3-4-14-13(7-11)8-15(23-14)16(25)22-12(2)17(26)24-6-5-18(10-24)9-19(18,20)21;1-2;;/h3-4,7-8,12,23H,5-6,9-10H2,1-2H3,(H,22,25);1-2H3;2*1H/t12-,18?;;;/m1.../s1. The fraction of sp³-hybridized carbons (Fsp3) is 0.524. The molecule has 1 spiro atoms. The van der Waals surface area contributed by atoms with E-state index in [1.165, 1.54) is 4.90 Å². The van der Waals surface area contributed by atoms with Crippen molar-refractivity contribution in [2.24, 2.45) is 5.41 Å². The van der Waals surface area contributed by atoms with E-state index >= 15 is 0 Å². The summed E-state index contributed by atoms with van der Waals surface area (Å²) in [6.07, 6.45) is 0.187. The molecule has 1 aromatic carbocycles. The number of halogens is 2. The number of nitrogens with zero attached hydrogens (tertiary/aromatic N) is 1. The molecule has 2 atom stereocenters. The molecule has 2 heterocycles. The molecule has 2 N–H and O–H groups in total. The van der Waals surface area contributed by atoms with Gasteiger partial charge in [0.1, 0.15) is 11.7 Å². The van der Waals surface area contributed by atoms with Gasteiger partial charge < -0.3 is 15.2 Å². The van der Waals surface area contributed by atoms with E-state index in [0.29, 0.717) is 18.7 Å². The van der Waals surface area contributed by atoms with Crippen molar-refractivity contribution in [3.8, 4) is 0 Å². The number of amides is 2. The fourth-order valence-corrected chi connectivity index (χ4v) is 3.87. The number of carbonyl (C=O) groups is 2. The molecule has 2 aromatic rings. The van der Waals surface area contributed by atoms with Crippen molar-refractivity contribution < 1.29 is 21.2 Å². The lowest BCUT2D eigenvalue weighted by Gasteiger charge is -2.21. The monoisotopic (exact) mass is 395 g/mol. The number of benzene rings is 1. The molecule has 2 aliphatic rings. The van der Waals surface area contributed by atoms with Gasteiger partial charge in [0.05, 0.1) is 5.41 Å². The Bertz CT molecular complexity index is 919. The van der Waals surface area contributed by atoms with E-state index in [4.69, 9.17) is 0 Å². The zero-order valence-corrected chi connectivity index (χ0v) is 16.7. The average molecular weight is 395 g/mol. The smallest absolute Gasteiger partial charge is 0.268 e. The first-order valence-corrected chi connectivity index (χ1v) is 9.78. The summed E-state index contributed by atoms with van der Waals surface area (Å²) in [6.45, 7) is 7.95. The number of hydrogen-bond acceptors (Lipinski definition) is 2. The molecule has 0 bridgehead atoms. The van der Waals surface area contributed by atoms with Crippen LogP contribution in [0, 0.1) is 12.3 Å². The summed E-state index contributed by atoms with van der Waals surface area (Å²) >= 11 is 0. The Morgan fingerprint density at radius 1 is 1.29 bits per heavy atom. The molecule has 1 saturated heterocycles. The van der Waals surface area contributed by atoms with Crippen molar-refractivity contribution in [3.05, 3.63) is 35.5 Å². The zero-order chi connectivity index (χ0) is 20.7. The highest BCUT2D eigenvalue weighted by Crippen LogP contribution is 2.65. The molecule has 1 saturated carbocycles. The van der Waals surface area contributed by atoms with E-state index in [1.807, 2.05) is 39.0 Å². The Balaban J connectivity index is 0.00000109. The van der Waals surface area contributed by atoms with Crippen molar-refractivity contribution in [2.45, 2.75) is 52.5 Å². The van der Waals surface area contributed by atoms with Gasteiger partial charge in [-0.05, 0) is 38.5 Å². The van der Waals surface area contributed by atoms with Gasteiger partial charge >= 0.3 is 0 Å². The lowest BCUT2D eigenvalue weighted by atomic mass is 10.1. The molecule has 4 rings (SSSR count). The molecule has 1 unspecified atom stereocenters. The molecule has 1 aliphatic heterocycles. The minimum atomic E-state index is -2.66. The lowest BCUT2D eigenvalue weighted by Crippen LogP contribution is -2.46. The van der Waals surface area contributed by atoms with Crippen LogP contribution in [0.5, 0.6) is 0 Å². The van der Waals surface area contributed by atoms with Crippen molar-refractivity contribution in [2.75, 3.05) is 13.1 Å². The first-order valence-electron chi connectivity index (χ1n) is 9.78. The Labute approximate surface area is 166 Å². The molecule has 156 valence electrons. The van der Waals surface area contributed by atoms with Crippen LogP contribution in [-0.4, -0.2) is 46.8 Å². The summed E-state index contributed by atoms with van der Waals surface area (Å²) in [5.74, 6) is -3.35. The van der Waals surface area contributed by atoms with Gasteiger partial charge in [-0.25, -0.2) is 8.78 Å². The molecule has 7 heteroatoms. The van der Waals surface area contributed by atoms with Crippen molar-refractivity contribution >= 4 is 22.7 Å². The zero-order valence-electron chi connectivity index (χ0n) is 16.7. The molecule has 2 fully saturated rings. The third-order valence-electron chi connectivity index (χ3n) is 5.62. The number of fused-ring (bicyclic) bond motifs is 1. The van der Waals surface area contributed by atoms with Gasteiger partial charge in [-0.3, -0.25) is 9.59 Å². The molecule has 2 amide bonds. The van der Waals surface area contributed by atoms with Crippen LogP contribution in [0.4, 0.5) is 8.78 Å². The van der Waals surface area contributed by atoms with Crippen LogP contribution in [0.3, 0.4) is 0 Å². The molecule has 0 radical (unpaired) electrons. The molecular formula is C21H31F2N3O2. The maximum Gasteiger partial charge on any atom is 0.268 e. The number of likely N-dealkylation sites (tertiary alicyclic amines) is 1. The van der Waals surface area contributed by atoms with Gasteiger partial charge in [-0.15, -0.1) is 0 Å². The Kier molecular flexibility index (Phi) is 5.21. The largest absolute Gasteiger partial charge is 0.351 e. The topological polar surface area (TPSA) is 65.2 Å². The van der Waals surface area contributed by atoms with Crippen molar-refractivity contribution in [1.29, 1.82) is 0 Å². The van der Waals surface area contributed by atoms with Gasteiger partial charge in [0, 0.05) is 33.3 Å². The van der Waals surface area contributed by atoms with Gasteiger partial charge in [-0.2, -0.15) is 0 Å². The van der Waals surface area contributed by atoms with E-state index in [0.717, 1.165) is 16.5 Å². The SMILES string of the molecule is CC.Cc1ccc2[nH]c(C(=O)N[C@H](C)C(=O)N3CCC4(C3)CC4(F)F)cc2c1.[HH].[HH]. The summed E-state index contributed by atoms with van der Waals surface area (Å²) < 4.78 is 27.0. The third-order valence-corrected chi connectivity index (χ3v) is 5.62. The Morgan fingerprint density at radius 2 is 1.96 bits per heavy atom. The minimum Gasteiger partial charge on any atom is -0.351 e. The number of aromatic nitrogens is 1. The maximum atomic E-state index is 13.5. The first-order chi connectivity index (χ1) is 13.2. The number of alkyl halides is 2. The van der Waals surface area contributed by atoms with E-state index in [2.05, 4.69) is 10.3 Å². The number of H-pyrrole nitrogens is 1. The molecular weight excluding hydrogens is 364 g/mol. The highest BCUT2D eigenvalue weighted by molar-refractivity contribution is 6.00. The highest BCUT2D eigenvalue weighted by atomic mass is 19.3. The predicted molar refractivity (Wildman–Crippen MR) is 109 cm³/mol. The van der Waals surface area contributed by atoms with Gasteiger partial charge in [0.15, 0.2) is 0 Å². The van der Waals surface area contributed by atoms with Crippen LogP contribution in [-0.2, 0) is 4.79 Å². The van der Waals surface area contributed by atoms with Crippen LogP contribution >= 0.6 is 0 Å². The van der Waals surface area contributed by atoms with Crippen molar-refractivity contribution in [3.63, 3.8) is 0 Å². The van der Waals surface area contributed by atoms with Gasteiger partial charge in [0.2, 0.25) is 5.91 Å². The highest BCUT2D eigenvalue weighted by Gasteiger charge is 2.73. The number of carbonyl (C=O) groups excluding carboxylic acids is 2. The van der Waals surface area contributed by atoms with Crippen LogP contribution in [0.2, 0.25) is 0 Å². The Morgan fingerprint density at radius 3 is 2.57 bits per heavy atom. The summed E-state index contributed by atoms with van der Waals surface area (Å²) in [4.78, 5) is 29.4. The summed E-state index contributed by atoms with van der Waals surface area (Å²) in [5.41, 5.74) is 1.28. The number of aromatic amines is 1. The predicted octanol–water partition coefficient (Wildman–Crippen LogP) is 4.37. The summed E-state index contributed by atoms with van der Waals surface area (Å²) in [7, 11) is 0. The second-order valence-corrected chi connectivity index (χ2v) is 7.64. The first kappa shape index (κ1) is 20.3. The summed E-state index contributed by atoms with van der Waals surface area (Å²) in [6, 6.07) is 6.79. The van der Waals surface area contributed by atoms with E-state index in [1.54, 1.807) is 13.0 Å². The lowest BCUT2D eigenvalue weighted by molar-refractivity contribution is -0.132. The van der Waals surface area contributed by atoms with Crippen LogP contribution in [0.25, 0.3) is 10.9 Å². The van der Waals surface area contributed by atoms with Gasteiger partial charge in [-0.1, -0.05) is 25.5 Å². The number of aryl methyl sites for hydroxylation is 1.